The van der Waals surface area contributed by atoms with Crippen molar-refractivity contribution in [3.05, 3.63) is 29.3 Å². The number of anilines is 1. The standard InChI is InChI=1S/C23H26N6O7/c1-28(13-18(31)25-9-11-36-10-3-8-24)19(32)12-26-15-5-2-4-14-20(15)23(35)29(22(14)34)16-6-7-17(30)27-21(16)33/h2,4-5,16,26H,3,6-7,9-13H2,1H3,(H,25,31)(H,27,30,33). The van der Waals surface area contributed by atoms with E-state index in [1.165, 1.54) is 24.1 Å². The fraction of sp³-hybridized carbons (Fsp3) is 0.435. The zero-order chi connectivity index (χ0) is 26.2. The third-order valence-electron chi connectivity index (χ3n) is 5.63. The molecule has 1 atom stereocenters. The predicted octanol–water partition coefficient (Wildman–Crippen LogP) is -0.995. The molecule has 2 aliphatic rings. The number of hydrogen-bond donors (Lipinski definition) is 3. The number of fused-ring (bicyclic) bond motifs is 1. The summed E-state index contributed by atoms with van der Waals surface area (Å²) in [5.74, 6) is -3.34. The number of hydrogen-bond acceptors (Lipinski definition) is 9. The van der Waals surface area contributed by atoms with Crippen molar-refractivity contribution in [1.29, 1.82) is 5.26 Å². The zero-order valence-electron chi connectivity index (χ0n) is 19.7. The number of benzene rings is 1. The first-order valence-corrected chi connectivity index (χ1v) is 11.3. The average molecular weight is 498 g/mol. The van der Waals surface area contributed by atoms with Crippen LogP contribution < -0.4 is 16.0 Å². The first-order valence-electron chi connectivity index (χ1n) is 11.3. The maximum atomic E-state index is 13.1. The highest BCUT2D eigenvalue weighted by Crippen LogP contribution is 2.32. The second-order valence-corrected chi connectivity index (χ2v) is 8.15. The van der Waals surface area contributed by atoms with E-state index in [4.69, 9.17) is 10.00 Å². The van der Waals surface area contributed by atoms with Crippen LogP contribution in [0.25, 0.3) is 0 Å². The minimum absolute atomic E-state index is 0.0115. The highest BCUT2D eigenvalue weighted by Gasteiger charge is 2.45. The van der Waals surface area contributed by atoms with Crippen LogP contribution in [-0.2, 0) is 23.9 Å². The number of nitrogens with zero attached hydrogens (tertiary/aromatic N) is 3. The summed E-state index contributed by atoms with van der Waals surface area (Å²) in [6, 6.07) is 5.38. The molecule has 1 aromatic carbocycles. The van der Waals surface area contributed by atoms with Crippen molar-refractivity contribution in [2.45, 2.75) is 25.3 Å². The zero-order valence-corrected chi connectivity index (χ0v) is 19.7. The monoisotopic (exact) mass is 498 g/mol. The van der Waals surface area contributed by atoms with Crippen molar-refractivity contribution < 1.29 is 33.5 Å². The quantitative estimate of drug-likeness (QED) is 0.255. The van der Waals surface area contributed by atoms with E-state index in [0.717, 1.165) is 4.90 Å². The van der Waals surface area contributed by atoms with E-state index < -0.39 is 41.5 Å². The van der Waals surface area contributed by atoms with Crippen molar-refractivity contribution in [3.63, 3.8) is 0 Å². The number of imide groups is 2. The predicted molar refractivity (Wildman–Crippen MR) is 123 cm³/mol. The smallest absolute Gasteiger partial charge is 0.264 e. The fourth-order valence-corrected chi connectivity index (χ4v) is 3.81. The summed E-state index contributed by atoms with van der Waals surface area (Å²) >= 11 is 0. The first kappa shape index (κ1) is 26.3. The van der Waals surface area contributed by atoms with Crippen molar-refractivity contribution in [1.82, 2.24) is 20.4 Å². The van der Waals surface area contributed by atoms with Gasteiger partial charge in [0.15, 0.2) is 0 Å². The summed E-state index contributed by atoms with van der Waals surface area (Å²) in [5, 5.41) is 16.0. The van der Waals surface area contributed by atoms with Crippen LogP contribution in [0.5, 0.6) is 0 Å². The van der Waals surface area contributed by atoms with Crippen LogP contribution in [0.2, 0.25) is 0 Å². The summed E-state index contributed by atoms with van der Waals surface area (Å²) in [7, 11) is 1.45. The molecule has 3 N–H and O–H groups in total. The Balaban J connectivity index is 1.55. The lowest BCUT2D eigenvalue weighted by atomic mass is 10.0. The van der Waals surface area contributed by atoms with E-state index in [2.05, 4.69) is 16.0 Å². The topological polar surface area (TPSA) is 178 Å². The number of carbonyl (C=O) groups excluding carboxylic acids is 6. The van der Waals surface area contributed by atoms with Gasteiger partial charge in [0.1, 0.15) is 6.04 Å². The molecular formula is C23H26N6O7. The SMILES string of the molecule is CN(CC(=O)NCCOCCC#N)C(=O)CNc1cccc2c1C(=O)N(C1CCC(=O)NC1=O)C2=O. The van der Waals surface area contributed by atoms with Crippen LogP contribution in [0.4, 0.5) is 5.69 Å². The minimum Gasteiger partial charge on any atom is -0.379 e. The molecule has 0 aromatic heterocycles. The lowest BCUT2D eigenvalue weighted by molar-refractivity contribution is -0.136. The van der Waals surface area contributed by atoms with E-state index in [1.54, 1.807) is 6.07 Å². The molecule has 1 aromatic rings. The van der Waals surface area contributed by atoms with Gasteiger partial charge in [-0.3, -0.25) is 39.0 Å². The van der Waals surface area contributed by atoms with Gasteiger partial charge in [0.05, 0.1) is 49.9 Å². The summed E-state index contributed by atoms with van der Waals surface area (Å²) in [6.07, 6.45) is 0.311. The molecule has 6 amide bonds. The van der Waals surface area contributed by atoms with E-state index in [0.29, 0.717) is 0 Å². The van der Waals surface area contributed by atoms with E-state index in [9.17, 15) is 28.8 Å². The number of nitriles is 1. The number of ether oxygens (including phenoxy) is 1. The van der Waals surface area contributed by atoms with Crippen molar-refractivity contribution in [3.8, 4) is 6.07 Å². The van der Waals surface area contributed by atoms with Gasteiger partial charge in [-0.05, 0) is 18.6 Å². The Morgan fingerprint density at radius 3 is 2.72 bits per heavy atom. The Hall–Kier alpha value is -4.31. The molecule has 2 heterocycles. The number of rotatable bonds is 11. The summed E-state index contributed by atoms with van der Waals surface area (Å²) < 4.78 is 5.15. The van der Waals surface area contributed by atoms with Crippen molar-refractivity contribution in [2.24, 2.45) is 0 Å². The number of nitrogens with one attached hydrogen (secondary N) is 3. The third kappa shape index (κ3) is 6.02. The molecule has 0 radical (unpaired) electrons. The van der Waals surface area contributed by atoms with Crippen LogP contribution in [0, 0.1) is 11.3 Å². The van der Waals surface area contributed by atoms with E-state index >= 15 is 0 Å². The maximum absolute atomic E-state index is 13.1. The van der Waals surface area contributed by atoms with Crippen molar-refractivity contribution >= 4 is 41.1 Å². The van der Waals surface area contributed by atoms with Gasteiger partial charge >= 0.3 is 0 Å². The first-order chi connectivity index (χ1) is 17.2. The Morgan fingerprint density at radius 1 is 1.22 bits per heavy atom. The lowest BCUT2D eigenvalue weighted by Gasteiger charge is -2.27. The molecule has 0 saturated carbocycles. The van der Waals surface area contributed by atoms with Gasteiger partial charge in [-0.25, -0.2) is 0 Å². The summed E-state index contributed by atoms with van der Waals surface area (Å²) in [6.45, 7) is 0.303. The average Bonchev–Trinajstić information content (AvgIpc) is 3.10. The number of carbonyl (C=O) groups is 6. The second kappa shape index (κ2) is 11.9. The van der Waals surface area contributed by atoms with Crippen LogP contribution in [0.15, 0.2) is 18.2 Å². The molecule has 1 fully saturated rings. The maximum Gasteiger partial charge on any atom is 0.264 e. The van der Waals surface area contributed by atoms with E-state index in [-0.39, 0.29) is 68.9 Å². The molecule has 13 nitrogen and oxygen atoms in total. The van der Waals surface area contributed by atoms with Gasteiger partial charge in [0, 0.05) is 25.7 Å². The molecule has 0 spiro atoms. The molecule has 190 valence electrons. The molecule has 0 aliphatic carbocycles. The van der Waals surface area contributed by atoms with Gasteiger partial charge in [0.25, 0.3) is 11.8 Å². The van der Waals surface area contributed by atoms with Gasteiger partial charge in [-0.1, -0.05) is 6.07 Å². The molecule has 1 unspecified atom stereocenters. The van der Waals surface area contributed by atoms with Gasteiger partial charge in [0.2, 0.25) is 23.6 Å². The molecule has 0 bridgehead atoms. The summed E-state index contributed by atoms with van der Waals surface area (Å²) in [5.41, 5.74) is 0.366. The fourth-order valence-electron chi connectivity index (χ4n) is 3.81. The van der Waals surface area contributed by atoms with Crippen LogP contribution in [-0.4, -0.2) is 91.2 Å². The van der Waals surface area contributed by atoms with Gasteiger partial charge in [-0.15, -0.1) is 0 Å². The molecule has 3 rings (SSSR count). The second-order valence-electron chi connectivity index (χ2n) is 8.15. The Kier molecular flexibility index (Phi) is 8.69. The van der Waals surface area contributed by atoms with Crippen LogP contribution >= 0.6 is 0 Å². The van der Waals surface area contributed by atoms with Crippen LogP contribution in [0.1, 0.15) is 40.0 Å². The molecule has 36 heavy (non-hydrogen) atoms. The largest absolute Gasteiger partial charge is 0.379 e. The highest BCUT2D eigenvalue weighted by atomic mass is 16.5. The van der Waals surface area contributed by atoms with Crippen molar-refractivity contribution in [2.75, 3.05) is 45.2 Å². The van der Waals surface area contributed by atoms with Crippen LogP contribution in [0.3, 0.4) is 0 Å². The molecule has 1 saturated heterocycles. The highest BCUT2D eigenvalue weighted by molar-refractivity contribution is 6.25. The van der Waals surface area contributed by atoms with Gasteiger partial charge < -0.3 is 20.3 Å². The third-order valence-corrected chi connectivity index (χ3v) is 5.63. The molecular weight excluding hydrogens is 472 g/mol. The lowest BCUT2D eigenvalue weighted by Crippen LogP contribution is -2.54. The number of amides is 6. The van der Waals surface area contributed by atoms with Gasteiger partial charge in [-0.2, -0.15) is 5.26 Å². The Morgan fingerprint density at radius 2 is 2.00 bits per heavy atom. The Labute approximate surface area is 206 Å². The summed E-state index contributed by atoms with van der Waals surface area (Å²) in [4.78, 5) is 76.2. The minimum atomic E-state index is -1.09. The van der Waals surface area contributed by atoms with E-state index in [1.807, 2.05) is 6.07 Å². The molecule has 13 heteroatoms. The number of likely N-dealkylation sites (N-methyl/N-ethyl adjacent to an activating group) is 1. The molecule has 2 aliphatic heterocycles. The normalized spacial score (nSPS) is 16.8. The Bertz CT molecular complexity index is 1130. The number of piperidine rings is 1.